The molecule has 7 aromatic carbocycles. The summed E-state index contributed by atoms with van der Waals surface area (Å²) in [4.78, 5) is 25.0. The number of phenols is 2. The van der Waals surface area contributed by atoms with Crippen molar-refractivity contribution < 1.29 is 45.7 Å². The molecular formula is C78H104O10P2S2. The Morgan fingerprint density at radius 2 is 0.554 bits per heavy atom. The Kier molecular flexibility index (Phi) is 34.7. The summed E-state index contributed by atoms with van der Waals surface area (Å²) in [6, 6.07) is 67.1. The van der Waals surface area contributed by atoms with Gasteiger partial charge in [0.05, 0.1) is 32.6 Å². The smallest absolute Gasteiger partial charge is 0.185 e. The Bertz CT molecular complexity index is 3370. The molecule has 8 rings (SSSR count). The third-order valence-corrected chi connectivity index (χ3v) is 26.3. The lowest BCUT2D eigenvalue weighted by Gasteiger charge is -2.27. The maximum atomic E-state index is 12.6. The molecule has 498 valence electrons. The number of unbranched alkanes of at least 4 members (excludes halogenated alkanes) is 14. The van der Waals surface area contributed by atoms with Crippen LogP contribution >= 0.6 is 14.5 Å². The zero-order chi connectivity index (χ0) is 65.7. The number of Topliss-reactive ketones (excluding diaryl/α,β-unsaturated/α-hetero) is 2. The van der Waals surface area contributed by atoms with Gasteiger partial charge in [0.2, 0.25) is 0 Å². The number of phenolic OH excluding ortho intramolecular Hbond substituents is 2. The lowest BCUT2D eigenvalue weighted by Crippen LogP contribution is -2.33. The number of benzene rings is 7. The van der Waals surface area contributed by atoms with Gasteiger partial charge in [-0.05, 0) is 182 Å². The summed E-state index contributed by atoms with van der Waals surface area (Å²) in [5.41, 5.74) is 5.99. The first-order chi connectivity index (χ1) is 42.9. The van der Waals surface area contributed by atoms with Gasteiger partial charge < -0.3 is 19.3 Å². The number of hydrogen-bond acceptors (Lipinski definition) is 10. The highest BCUT2D eigenvalue weighted by atomic mass is 32.2. The minimum absolute atomic E-state index is 0. The van der Waals surface area contributed by atoms with Crippen molar-refractivity contribution in [2.24, 2.45) is 0 Å². The van der Waals surface area contributed by atoms with Gasteiger partial charge in [-0.2, -0.15) is 0 Å². The van der Waals surface area contributed by atoms with E-state index in [4.69, 9.17) is 25.9 Å². The highest BCUT2D eigenvalue weighted by Crippen LogP contribution is 2.57. The van der Waals surface area contributed by atoms with Crippen LogP contribution in [0.5, 0.6) is 11.5 Å². The molecule has 0 unspecified atom stereocenters. The minimum atomic E-state index is -3.92. The second kappa shape index (κ2) is 40.0. The van der Waals surface area contributed by atoms with E-state index < -0.39 is 34.8 Å². The Labute approximate surface area is 555 Å². The Balaban J connectivity index is 0.000000410. The van der Waals surface area contributed by atoms with Gasteiger partial charge in [0.25, 0.3) is 0 Å². The fraction of sp³-hybridized carbons (Fsp3) is 0.385. The van der Waals surface area contributed by atoms with Crippen molar-refractivity contribution in [3.63, 3.8) is 0 Å². The first kappa shape index (κ1) is 79.9. The van der Waals surface area contributed by atoms with Gasteiger partial charge in [-0.15, -0.1) is 0 Å². The second-order valence-corrected chi connectivity index (χ2v) is 33.8. The molecule has 0 bridgehead atoms. The summed E-state index contributed by atoms with van der Waals surface area (Å²) >= 11 is 0. The van der Waals surface area contributed by atoms with Crippen LogP contribution < -0.4 is 31.8 Å². The monoisotopic (exact) mass is 1330 g/mol. The number of hydrogen-bond donors (Lipinski definition) is 2. The summed E-state index contributed by atoms with van der Waals surface area (Å²) in [5.74, 6) is 0.831. The van der Waals surface area contributed by atoms with Gasteiger partial charge in [0.1, 0.15) is 57.9 Å². The average Bonchev–Trinajstić information content (AvgIpc) is 0.777. The maximum Gasteiger partial charge on any atom is 0.185 e. The Morgan fingerprint density at radius 1 is 0.326 bits per heavy atom. The van der Waals surface area contributed by atoms with Crippen LogP contribution in [0.15, 0.2) is 204 Å². The van der Waals surface area contributed by atoms with Crippen LogP contribution in [0.2, 0.25) is 0 Å². The quantitative estimate of drug-likeness (QED) is 0.0157. The molecule has 0 saturated carbocycles. The van der Waals surface area contributed by atoms with Crippen molar-refractivity contribution in [3.8, 4) is 11.5 Å². The standard InChI is InChI=1S/C37H45O2P.C37H44O2P.2CH4O3S.2CH4/c2*1-29-30(2)37(39)35(31(3)36(29)38)27-19-8-6-4-5-7-9-20-28-40(32-21-13-10-14-22-32,33-23-15-11-16-24-33)34-25-17-12-18-26-34;2*1-5(2,3)4;;/h10-18,21-26H,4-9,19-20,27-28H2,1-3H3,(H-,38,39);10-18,21-26H,4-9,19-20,27-28H2,1-3H3;2*1H3,(H,2,3,4);2*1H4/q;+1;;;;/p-1. The molecular weight excluding hydrogens is 1220 g/mol. The number of allylic oxidation sites excluding steroid dienone is 4. The van der Waals surface area contributed by atoms with Crippen molar-refractivity contribution in [1.82, 2.24) is 0 Å². The average molecular weight is 1330 g/mol. The van der Waals surface area contributed by atoms with Crippen molar-refractivity contribution in [2.45, 2.75) is 172 Å². The molecule has 10 nitrogen and oxygen atoms in total. The topological polar surface area (TPSA) is 189 Å². The minimum Gasteiger partial charge on any atom is -0.748 e. The first-order valence-electron chi connectivity index (χ1n) is 31.8. The molecule has 7 aromatic rings. The van der Waals surface area contributed by atoms with Crippen LogP contribution in [0.4, 0.5) is 0 Å². The predicted octanol–water partition coefficient (Wildman–Crippen LogP) is 16.6. The Hall–Kier alpha value is -6.36. The molecule has 0 amide bonds. The summed E-state index contributed by atoms with van der Waals surface area (Å²) < 4.78 is 54.5. The van der Waals surface area contributed by atoms with Gasteiger partial charge in [-0.1, -0.05) is 188 Å². The van der Waals surface area contributed by atoms with E-state index in [1.807, 2.05) is 27.7 Å². The highest BCUT2D eigenvalue weighted by molar-refractivity contribution is 7.96. The number of carbonyl (C=O) groups excluding carboxylic acids is 2. The molecule has 0 heterocycles. The van der Waals surface area contributed by atoms with Crippen LogP contribution in [-0.2, 0) is 36.2 Å². The zero-order valence-corrected chi connectivity index (χ0v) is 57.8. The van der Waals surface area contributed by atoms with Crippen molar-refractivity contribution in [2.75, 3.05) is 24.8 Å². The second-order valence-electron chi connectivity index (χ2n) is 23.7. The number of ketones is 2. The molecule has 14 heteroatoms. The molecule has 92 heavy (non-hydrogen) atoms. The number of rotatable bonds is 28. The fourth-order valence-electron chi connectivity index (χ4n) is 12.1. The fourth-order valence-corrected chi connectivity index (χ4v) is 21.0. The predicted molar refractivity (Wildman–Crippen MR) is 392 cm³/mol. The summed E-state index contributed by atoms with van der Waals surface area (Å²) in [7, 11) is -11.3. The van der Waals surface area contributed by atoms with E-state index in [1.54, 1.807) is 13.8 Å². The lowest BCUT2D eigenvalue weighted by molar-refractivity contribution is -0.116. The molecule has 1 aliphatic rings. The van der Waals surface area contributed by atoms with Crippen LogP contribution in [0.25, 0.3) is 0 Å². The summed E-state index contributed by atoms with van der Waals surface area (Å²) in [6.07, 6.45) is 24.5. The van der Waals surface area contributed by atoms with E-state index in [-0.39, 0.29) is 26.4 Å². The zero-order valence-electron chi connectivity index (χ0n) is 54.3. The third-order valence-electron chi connectivity index (χ3n) is 17.2. The molecule has 0 saturated heterocycles. The van der Waals surface area contributed by atoms with E-state index in [2.05, 4.69) is 182 Å². The van der Waals surface area contributed by atoms with Crippen LogP contribution in [0, 0.1) is 20.8 Å². The van der Waals surface area contributed by atoms with Crippen LogP contribution in [0.1, 0.15) is 167 Å². The number of aromatic hydroxyl groups is 2. The summed E-state index contributed by atoms with van der Waals surface area (Å²) in [6.45, 7) is 11.0. The van der Waals surface area contributed by atoms with Crippen molar-refractivity contribution in [1.29, 1.82) is 0 Å². The highest BCUT2D eigenvalue weighted by Gasteiger charge is 2.46. The first-order valence-corrected chi connectivity index (χ1v) is 39.4. The van der Waals surface area contributed by atoms with E-state index in [9.17, 15) is 19.8 Å². The molecule has 0 atom stereocenters. The molecule has 0 aliphatic heterocycles. The molecule has 1 aliphatic carbocycles. The largest absolute Gasteiger partial charge is 0.748 e. The Morgan fingerprint density at radius 3 is 0.837 bits per heavy atom. The van der Waals surface area contributed by atoms with E-state index in [0.717, 1.165) is 66.4 Å². The number of carbonyl (C=O) groups is 2. The normalized spacial score (nSPS) is 12.5. The van der Waals surface area contributed by atoms with Gasteiger partial charge in [0, 0.05) is 40.4 Å². The molecule has 0 spiro atoms. The van der Waals surface area contributed by atoms with E-state index in [0.29, 0.717) is 40.7 Å². The molecule has 0 aromatic heterocycles. The van der Waals surface area contributed by atoms with E-state index >= 15 is 0 Å². The van der Waals surface area contributed by atoms with Crippen molar-refractivity contribution in [3.05, 3.63) is 227 Å². The van der Waals surface area contributed by atoms with Crippen LogP contribution in [-0.4, -0.2) is 72.6 Å². The summed E-state index contributed by atoms with van der Waals surface area (Å²) in [5, 5.41) is 29.8. The molecule has 2 N–H and O–H groups in total. The van der Waals surface area contributed by atoms with Gasteiger partial charge in [-0.3, -0.25) is 9.59 Å². The maximum absolute atomic E-state index is 12.6. The van der Waals surface area contributed by atoms with Crippen LogP contribution in [0.3, 0.4) is 0 Å². The van der Waals surface area contributed by atoms with Gasteiger partial charge in [0.15, 0.2) is 11.6 Å². The van der Waals surface area contributed by atoms with Gasteiger partial charge >= 0.3 is 0 Å². The van der Waals surface area contributed by atoms with Gasteiger partial charge in [-0.25, -0.2) is 16.8 Å². The third kappa shape index (κ3) is 24.2. The lowest BCUT2D eigenvalue weighted by atomic mass is 9.84. The SMILES string of the molecule is C.C.CC1=C(C)C(=O)C(CCCCCCCCCC[P+](c2ccccc2)(c2ccccc2)c2ccccc2)=C(C)C1=O.CS(=O)(=O)[O-].CS(=O)(=O)[O-].Cc1c(C)c(O)c(CCCCCCCCCC[P+](c2ccccc2)(c2ccccc2)c2ccccc2)c(C)c1O. The van der Waals surface area contributed by atoms with E-state index in [1.165, 1.54) is 121 Å². The van der Waals surface area contributed by atoms with Crippen molar-refractivity contribution >= 4 is 78.2 Å². The molecule has 0 radical (unpaired) electrons. The molecule has 0 fully saturated rings.